The molecule has 4 rings (SSSR count). The molecular formula is C23H28FN3O4S. The molecule has 1 amide bonds. The lowest BCUT2D eigenvalue weighted by Gasteiger charge is -2.35. The number of nitrogens with one attached hydrogen (secondary N) is 1. The Morgan fingerprint density at radius 2 is 1.94 bits per heavy atom. The summed E-state index contributed by atoms with van der Waals surface area (Å²) in [4.78, 5) is 16.9. The summed E-state index contributed by atoms with van der Waals surface area (Å²) in [6, 6.07) is 10.2. The number of rotatable bonds is 6. The molecule has 2 aliphatic heterocycles. The van der Waals surface area contributed by atoms with Gasteiger partial charge >= 0.3 is 0 Å². The van der Waals surface area contributed by atoms with Crippen molar-refractivity contribution in [2.75, 3.05) is 44.1 Å². The first kappa shape index (κ1) is 22.7. The van der Waals surface area contributed by atoms with Gasteiger partial charge in [0.05, 0.1) is 11.0 Å². The minimum atomic E-state index is -3.97. The number of amides is 1. The van der Waals surface area contributed by atoms with Gasteiger partial charge in [0.15, 0.2) is 0 Å². The van der Waals surface area contributed by atoms with Gasteiger partial charge in [0, 0.05) is 50.6 Å². The molecule has 2 aromatic rings. The molecule has 0 bridgehead atoms. The monoisotopic (exact) mass is 461 g/mol. The molecule has 0 radical (unpaired) electrons. The van der Waals surface area contributed by atoms with E-state index in [0.29, 0.717) is 30.3 Å². The summed E-state index contributed by atoms with van der Waals surface area (Å²) in [5, 5.41) is 0. The van der Waals surface area contributed by atoms with Crippen LogP contribution >= 0.6 is 0 Å². The first-order valence-corrected chi connectivity index (χ1v) is 12.3. The summed E-state index contributed by atoms with van der Waals surface area (Å²) in [7, 11) is -3.97. The molecule has 0 spiro atoms. The molecular weight excluding hydrogens is 433 g/mol. The van der Waals surface area contributed by atoms with Gasteiger partial charge in [-0.1, -0.05) is 12.1 Å². The molecule has 2 saturated heterocycles. The average molecular weight is 462 g/mol. The Bertz CT molecular complexity index is 1080. The van der Waals surface area contributed by atoms with Crippen molar-refractivity contribution in [3.05, 3.63) is 59.4 Å². The van der Waals surface area contributed by atoms with Crippen LogP contribution in [0.25, 0.3) is 0 Å². The van der Waals surface area contributed by atoms with Crippen molar-refractivity contribution < 1.29 is 22.3 Å². The topological polar surface area (TPSA) is 79.0 Å². The number of halogens is 1. The van der Waals surface area contributed by atoms with Crippen LogP contribution in [0.15, 0.2) is 47.4 Å². The SMILES string of the molecule is Cc1ccc(S(=O)(=O)Nc2cccc(C(=O)N3CCN(CC4CCCO4)CC3)c2)cc1F. The number of hydrogen-bond donors (Lipinski definition) is 1. The second-order valence-corrected chi connectivity index (χ2v) is 10.0. The second-order valence-electron chi connectivity index (χ2n) is 8.33. The highest BCUT2D eigenvalue weighted by Gasteiger charge is 2.26. The van der Waals surface area contributed by atoms with E-state index in [0.717, 1.165) is 45.1 Å². The van der Waals surface area contributed by atoms with Crippen molar-refractivity contribution in [3.8, 4) is 0 Å². The number of carbonyl (C=O) groups excluding carboxylic acids is 1. The minimum absolute atomic E-state index is 0.135. The van der Waals surface area contributed by atoms with Gasteiger partial charge in [-0.15, -0.1) is 0 Å². The fourth-order valence-electron chi connectivity index (χ4n) is 4.06. The Morgan fingerprint density at radius 1 is 1.16 bits per heavy atom. The lowest BCUT2D eigenvalue weighted by Crippen LogP contribution is -2.50. The Balaban J connectivity index is 1.39. The molecule has 9 heteroatoms. The number of anilines is 1. The molecule has 2 aliphatic rings. The van der Waals surface area contributed by atoms with Crippen LogP contribution < -0.4 is 4.72 Å². The van der Waals surface area contributed by atoms with Gasteiger partial charge < -0.3 is 9.64 Å². The first-order chi connectivity index (χ1) is 15.3. The fraction of sp³-hybridized carbons (Fsp3) is 0.435. The second kappa shape index (κ2) is 9.56. The van der Waals surface area contributed by atoms with E-state index in [4.69, 9.17) is 4.74 Å². The summed E-state index contributed by atoms with van der Waals surface area (Å²) in [5.74, 6) is -0.723. The van der Waals surface area contributed by atoms with E-state index < -0.39 is 15.8 Å². The van der Waals surface area contributed by atoms with Gasteiger partial charge in [-0.05, 0) is 55.7 Å². The van der Waals surface area contributed by atoms with Crippen LogP contribution in [0.5, 0.6) is 0 Å². The zero-order valence-electron chi connectivity index (χ0n) is 18.1. The highest BCUT2D eigenvalue weighted by Crippen LogP contribution is 2.21. The maximum absolute atomic E-state index is 13.8. The van der Waals surface area contributed by atoms with Crippen molar-refractivity contribution in [2.45, 2.75) is 30.8 Å². The standard InChI is InChI=1S/C23H28FN3O4S/c1-17-7-8-21(15-22(17)24)32(29,30)25-19-5-2-4-18(14-19)23(28)27-11-9-26(10-12-27)16-20-6-3-13-31-20/h2,4-5,7-8,14-15,20,25H,3,6,9-13,16H2,1H3. The van der Waals surface area contributed by atoms with Crippen molar-refractivity contribution in [3.63, 3.8) is 0 Å². The maximum Gasteiger partial charge on any atom is 0.261 e. The Hall–Kier alpha value is -2.49. The van der Waals surface area contributed by atoms with Crippen molar-refractivity contribution in [1.29, 1.82) is 0 Å². The third-order valence-electron chi connectivity index (χ3n) is 5.96. The van der Waals surface area contributed by atoms with Crippen molar-refractivity contribution in [1.82, 2.24) is 9.80 Å². The van der Waals surface area contributed by atoms with E-state index >= 15 is 0 Å². The number of nitrogens with zero attached hydrogens (tertiary/aromatic N) is 2. The molecule has 0 aliphatic carbocycles. The number of ether oxygens (including phenoxy) is 1. The van der Waals surface area contributed by atoms with Crippen molar-refractivity contribution >= 4 is 21.6 Å². The summed E-state index contributed by atoms with van der Waals surface area (Å²) in [6.07, 6.45) is 2.50. The Morgan fingerprint density at radius 3 is 2.62 bits per heavy atom. The predicted octanol–water partition coefficient (Wildman–Crippen LogP) is 2.87. The van der Waals surface area contributed by atoms with E-state index in [1.807, 2.05) is 0 Å². The third kappa shape index (κ3) is 5.28. The van der Waals surface area contributed by atoms with Gasteiger partial charge in [0.1, 0.15) is 5.82 Å². The first-order valence-electron chi connectivity index (χ1n) is 10.8. The van der Waals surface area contributed by atoms with Crippen LogP contribution in [0, 0.1) is 12.7 Å². The molecule has 32 heavy (non-hydrogen) atoms. The molecule has 2 heterocycles. The molecule has 0 aromatic heterocycles. The average Bonchev–Trinajstić information content (AvgIpc) is 3.28. The highest BCUT2D eigenvalue weighted by atomic mass is 32.2. The van der Waals surface area contributed by atoms with E-state index in [1.54, 1.807) is 30.0 Å². The molecule has 1 N–H and O–H groups in total. The van der Waals surface area contributed by atoms with Crippen LogP contribution in [-0.2, 0) is 14.8 Å². The van der Waals surface area contributed by atoms with Crippen LogP contribution in [0.3, 0.4) is 0 Å². The summed E-state index contributed by atoms with van der Waals surface area (Å²) >= 11 is 0. The number of piperazine rings is 1. The van der Waals surface area contributed by atoms with E-state index in [1.165, 1.54) is 18.2 Å². The predicted molar refractivity (Wildman–Crippen MR) is 120 cm³/mol. The molecule has 7 nitrogen and oxygen atoms in total. The number of hydrogen-bond acceptors (Lipinski definition) is 5. The fourth-order valence-corrected chi connectivity index (χ4v) is 5.12. The zero-order valence-corrected chi connectivity index (χ0v) is 18.9. The molecule has 172 valence electrons. The zero-order chi connectivity index (χ0) is 22.7. The van der Waals surface area contributed by atoms with Crippen molar-refractivity contribution in [2.24, 2.45) is 0 Å². The lowest BCUT2D eigenvalue weighted by atomic mass is 10.1. The Labute approximate surface area is 188 Å². The quantitative estimate of drug-likeness (QED) is 0.716. The van der Waals surface area contributed by atoms with Crippen LogP contribution in [0.4, 0.5) is 10.1 Å². The molecule has 2 aromatic carbocycles. The number of carbonyl (C=O) groups is 1. The lowest BCUT2D eigenvalue weighted by molar-refractivity contribution is 0.0432. The third-order valence-corrected chi connectivity index (χ3v) is 7.34. The maximum atomic E-state index is 13.8. The summed E-state index contributed by atoms with van der Waals surface area (Å²) < 4.78 is 47.2. The number of aryl methyl sites for hydroxylation is 1. The van der Waals surface area contributed by atoms with E-state index in [9.17, 15) is 17.6 Å². The molecule has 0 saturated carbocycles. The highest BCUT2D eigenvalue weighted by molar-refractivity contribution is 7.92. The van der Waals surface area contributed by atoms with Crippen LogP contribution in [0.2, 0.25) is 0 Å². The summed E-state index contributed by atoms with van der Waals surface area (Å²) in [5.41, 5.74) is 1.04. The molecule has 1 unspecified atom stereocenters. The molecule has 1 atom stereocenters. The van der Waals surface area contributed by atoms with Crippen LogP contribution in [0.1, 0.15) is 28.8 Å². The largest absolute Gasteiger partial charge is 0.377 e. The normalized spacial score (nSPS) is 19.8. The number of benzene rings is 2. The smallest absolute Gasteiger partial charge is 0.261 e. The van der Waals surface area contributed by atoms with E-state index in [2.05, 4.69) is 9.62 Å². The van der Waals surface area contributed by atoms with Gasteiger partial charge in [0.2, 0.25) is 0 Å². The van der Waals surface area contributed by atoms with E-state index in [-0.39, 0.29) is 16.5 Å². The van der Waals surface area contributed by atoms with Gasteiger partial charge in [-0.2, -0.15) is 0 Å². The van der Waals surface area contributed by atoms with Gasteiger partial charge in [0.25, 0.3) is 15.9 Å². The van der Waals surface area contributed by atoms with Gasteiger partial charge in [-0.3, -0.25) is 14.4 Å². The summed E-state index contributed by atoms with van der Waals surface area (Å²) in [6.45, 7) is 6.11. The van der Waals surface area contributed by atoms with Crippen LogP contribution in [-0.4, -0.2) is 69.6 Å². The minimum Gasteiger partial charge on any atom is -0.377 e. The Kier molecular flexibility index (Phi) is 6.78. The number of sulfonamides is 1. The molecule has 2 fully saturated rings. The van der Waals surface area contributed by atoms with Gasteiger partial charge in [-0.25, -0.2) is 12.8 Å².